The van der Waals surface area contributed by atoms with Gasteiger partial charge in [0.15, 0.2) is 0 Å². The maximum Gasteiger partial charge on any atom is 0.118 e. The Balaban J connectivity index is 2.64. The Morgan fingerprint density at radius 1 is 1.10 bits per heavy atom. The van der Waals surface area contributed by atoms with Crippen LogP contribution in [0.25, 0.3) is 0 Å². The molecule has 1 aromatic rings. The Bertz CT molecular complexity index is 384. The summed E-state index contributed by atoms with van der Waals surface area (Å²) < 4.78 is 16.5. The third-order valence-corrected chi connectivity index (χ3v) is 3.06. The van der Waals surface area contributed by atoms with Gasteiger partial charge in [0.1, 0.15) is 5.75 Å². The zero-order valence-corrected chi connectivity index (χ0v) is 13.9. The van der Waals surface area contributed by atoms with Crippen LogP contribution in [0.2, 0.25) is 0 Å². The van der Waals surface area contributed by atoms with E-state index < -0.39 is 0 Å². The molecule has 1 aromatic carbocycles. The van der Waals surface area contributed by atoms with Gasteiger partial charge in [-0.15, -0.1) is 0 Å². The molecule has 1 N–H and O–H groups in total. The van der Waals surface area contributed by atoms with Gasteiger partial charge in [-0.2, -0.15) is 0 Å². The molecule has 120 valence electrons. The van der Waals surface area contributed by atoms with E-state index in [1.165, 1.54) is 0 Å². The summed E-state index contributed by atoms with van der Waals surface area (Å²) in [7, 11) is 1.67. The van der Waals surface area contributed by atoms with E-state index >= 15 is 0 Å². The minimum Gasteiger partial charge on any atom is -0.497 e. The molecule has 0 aliphatic heterocycles. The minimum absolute atomic E-state index is 0.00980. The van der Waals surface area contributed by atoms with Crippen molar-refractivity contribution in [3.8, 4) is 5.75 Å². The third kappa shape index (κ3) is 7.46. The highest BCUT2D eigenvalue weighted by atomic mass is 16.5. The first-order valence-corrected chi connectivity index (χ1v) is 7.54. The zero-order chi connectivity index (χ0) is 15.7. The smallest absolute Gasteiger partial charge is 0.118 e. The van der Waals surface area contributed by atoms with Gasteiger partial charge in [-0.25, -0.2) is 0 Å². The molecule has 0 radical (unpaired) electrons. The van der Waals surface area contributed by atoms with E-state index in [0.717, 1.165) is 24.5 Å². The van der Waals surface area contributed by atoms with Crippen LogP contribution in [-0.2, 0) is 9.47 Å². The molecule has 0 fully saturated rings. The normalized spacial score (nSPS) is 13.2. The standard InChI is InChI=1S/C17H29NO3/c1-6-20-11-12-21-16(13-18-17(2,3)4)14-7-9-15(19-5)10-8-14/h7-10,16,18H,6,11-13H2,1-5H3. The molecule has 0 heterocycles. The highest BCUT2D eigenvalue weighted by molar-refractivity contribution is 5.28. The first kappa shape index (κ1) is 18.0. The number of methoxy groups -OCH3 is 1. The summed E-state index contributed by atoms with van der Waals surface area (Å²) in [6.07, 6.45) is 0.00980. The predicted octanol–water partition coefficient (Wildman–Crippen LogP) is 3.18. The Labute approximate surface area is 128 Å². The van der Waals surface area contributed by atoms with Gasteiger partial charge >= 0.3 is 0 Å². The molecule has 0 saturated carbocycles. The van der Waals surface area contributed by atoms with Crippen molar-refractivity contribution in [1.82, 2.24) is 5.32 Å². The Hall–Kier alpha value is -1.10. The molecule has 0 aliphatic rings. The van der Waals surface area contributed by atoms with Crippen LogP contribution in [0.5, 0.6) is 5.75 Å². The van der Waals surface area contributed by atoms with Crippen molar-refractivity contribution in [2.75, 3.05) is 33.5 Å². The van der Waals surface area contributed by atoms with Crippen LogP contribution in [0.1, 0.15) is 39.4 Å². The van der Waals surface area contributed by atoms with Crippen LogP contribution in [0.3, 0.4) is 0 Å². The van der Waals surface area contributed by atoms with E-state index in [1.807, 2.05) is 19.1 Å². The predicted molar refractivity (Wildman–Crippen MR) is 85.9 cm³/mol. The van der Waals surface area contributed by atoms with Crippen LogP contribution in [-0.4, -0.2) is 39.0 Å². The molecule has 0 saturated heterocycles. The quantitative estimate of drug-likeness (QED) is 0.710. The van der Waals surface area contributed by atoms with Gasteiger partial charge in [0.25, 0.3) is 0 Å². The van der Waals surface area contributed by atoms with Crippen molar-refractivity contribution in [2.24, 2.45) is 0 Å². The number of benzene rings is 1. The fraction of sp³-hybridized carbons (Fsp3) is 0.647. The second-order valence-corrected chi connectivity index (χ2v) is 5.96. The maximum absolute atomic E-state index is 5.97. The van der Waals surface area contributed by atoms with Gasteiger partial charge in [-0.3, -0.25) is 0 Å². The monoisotopic (exact) mass is 295 g/mol. The van der Waals surface area contributed by atoms with Crippen molar-refractivity contribution in [3.63, 3.8) is 0 Å². The SMILES string of the molecule is CCOCCOC(CNC(C)(C)C)c1ccc(OC)cc1. The van der Waals surface area contributed by atoms with Crippen LogP contribution >= 0.6 is 0 Å². The second-order valence-electron chi connectivity index (χ2n) is 5.96. The number of nitrogens with one attached hydrogen (secondary N) is 1. The molecule has 1 unspecified atom stereocenters. The van der Waals surface area contributed by atoms with Crippen LogP contribution in [0, 0.1) is 0 Å². The maximum atomic E-state index is 5.97. The van der Waals surface area contributed by atoms with E-state index in [4.69, 9.17) is 14.2 Å². The van der Waals surface area contributed by atoms with Gasteiger partial charge in [-0.05, 0) is 45.4 Å². The molecule has 21 heavy (non-hydrogen) atoms. The topological polar surface area (TPSA) is 39.7 Å². The summed E-state index contributed by atoms with van der Waals surface area (Å²) in [6, 6.07) is 8.03. The van der Waals surface area contributed by atoms with Crippen molar-refractivity contribution >= 4 is 0 Å². The van der Waals surface area contributed by atoms with E-state index in [1.54, 1.807) is 7.11 Å². The largest absolute Gasteiger partial charge is 0.497 e. The van der Waals surface area contributed by atoms with Gasteiger partial charge in [-0.1, -0.05) is 12.1 Å². The first-order valence-electron chi connectivity index (χ1n) is 7.54. The summed E-state index contributed by atoms with van der Waals surface area (Å²) in [6.45, 7) is 11.1. The molecule has 0 aromatic heterocycles. The molecule has 4 heteroatoms. The summed E-state index contributed by atoms with van der Waals surface area (Å²) >= 11 is 0. The Morgan fingerprint density at radius 2 is 1.76 bits per heavy atom. The minimum atomic E-state index is 0.00980. The number of hydrogen-bond donors (Lipinski definition) is 1. The molecule has 0 spiro atoms. The summed E-state index contributed by atoms with van der Waals surface area (Å²) in [5, 5.41) is 3.49. The number of ether oxygens (including phenoxy) is 3. The van der Waals surface area contributed by atoms with E-state index in [0.29, 0.717) is 13.2 Å². The van der Waals surface area contributed by atoms with Crippen molar-refractivity contribution < 1.29 is 14.2 Å². The lowest BCUT2D eigenvalue weighted by Gasteiger charge is -2.26. The average Bonchev–Trinajstić information content (AvgIpc) is 2.46. The van der Waals surface area contributed by atoms with Gasteiger partial charge in [0.2, 0.25) is 0 Å². The number of hydrogen-bond acceptors (Lipinski definition) is 4. The lowest BCUT2D eigenvalue weighted by molar-refractivity contribution is 0.00457. The van der Waals surface area contributed by atoms with Crippen molar-refractivity contribution in [2.45, 2.75) is 39.3 Å². The summed E-state index contributed by atoms with van der Waals surface area (Å²) in [5.41, 5.74) is 1.21. The average molecular weight is 295 g/mol. The first-order chi connectivity index (χ1) is 9.96. The lowest BCUT2D eigenvalue weighted by atomic mass is 10.1. The van der Waals surface area contributed by atoms with Gasteiger partial charge < -0.3 is 19.5 Å². The molecular formula is C17H29NO3. The highest BCUT2D eigenvalue weighted by Gasteiger charge is 2.16. The highest BCUT2D eigenvalue weighted by Crippen LogP contribution is 2.21. The molecular weight excluding hydrogens is 266 g/mol. The fourth-order valence-electron chi connectivity index (χ4n) is 1.88. The van der Waals surface area contributed by atoms with Crippen LogP contribution in [0.4, 0.5) is 0 Å². The molecule has 0 bridgehead atoms. The lowest BCUT2D eigenvalue weighted by Crippen LogP contribution is -2.39. The molecule has 1 rings (SSSR count). The summed E-state index contributed by atoms with van der Waals surface area (Å²) in [4.78, 5) is 0. The van der Waals surface area contributed by atoms with E-state index in [-0.39, 0.29) is 11.6 Å². The van der Waals surface area contributed by atoms with Gasteiger partial charge in [0, 0.05) is 18.7 Å². The Morgan fingerprint density at radius 3 is 2.29 bits per heavy atom. The van der Waals surface area contributed by atoms with E-state index in [2.05, 4.69) is 38.2 Å². The third-order valence-electron chi connectivity index (χ3n) is 3.06. The summed E-state index contributed by atoms with van der Waals surface area (Å²) in [5.74, 6) is 0.857. The fourth-order valence-corrected chi connectivity index (χ4v) is 1.88. The van der Waals surface area contributed by atoms with Crippen LogP contribution < -0.4 is 10.1 Å². The zero-order valence-electron chi connectivity index (χ0n) is 13.9. The van der Waals surface area contributed by atoms with Crippen molar-refractivity contribution in [3.05, 3.63) is 29.8 Å². The molecule has 0 amide bonds. The van der Waals surface area contributed by atoms with Crippen LogP contribution in [0.15, 0.2) is 24.3 Å². The van der Waals surface area contributed by atoms with Gasteiger partial charge in [0.05, 0.1) is 26.4 Å². The van der Waals surface area contributed by atoms with E-state index in [9.17, 15) is 0 Å². The number of rotatable bonds is 9. The molecule has 0 aliphatic carbocycles. The Kier molecular flexibility index (Phi) is 7.72. The molecule has 1 atom stereocenters. The second kappa shape index (κ2) is 9.03. The van der Waals surface area contributed by atoms with Crippen molar-refractivity contribution in [1.29, 1.82) is 0 Å². The molecule has 4 nitrogen and oxygen atoms in total.